The summed E-state index contributed by atoms with van der Waals surface area (Å²) in [6, 6.07) is 12.2. The lowest BCUT2D eigenvalue weighted by Gasteiger charge is -2.18. The van der Waals surface area contributed by atoms with Gasteiger partial charge in [0.15, 0.2) is 13.6 Å². The van der Waals surface area contributed by atoms with Crippen molar-refractivity contribution in [3.05, 3.63) is 58.7 Å². The van der Waals surface area contributed by atoms with Crippen LogP contribution in [0, 0.1) is 13.8 Å². The van der Waals surface area contributed by atoms with Crippen LogP contribution in [0.25, 0.3) is 0 Å². The van der Waals surface area contributed by atoms with Gasteiger partial charge in [0.1, 0.15) is 11.5 Å². The van der Waals surface area contributed by atoms with Gasteiger partial charge in [-0.1, -0.05) is 29.8 Å². The minimum Gasteiger partial charge on any atom is -0.467 e. The zero-order chi connectivity index (χ0) is 15.4. The van der Waals surface area contributed by atoms with Gasteiger partial charge in [0, 0.05) is 11.1 Å². The van der Waals surface area contributed by atoms with Crippen LogP contribution in [0.2, 0.25) is 0 Å². The average molecular weight is 300 g/mol. The van der Waals surface area contributed by atoms with E-state index < -0.39 is 0 Å². The number of aryl methyl sites for hydroxylation is 2. The summed E-state index contributed by atoms with van der Waals surface area (Å²) in [6.07, 6.45) is 0. The van der Waals surface area contributed by atoms with E-state index in [9.17, 15) is 0 Å². The maximum atomic E-state index is 5.28. The smallest absolute Gasteiger partial charge is 0.189 e. The average Bonchev–Trinajstić information content (AvgIpc) is 2.56. The largest absolute Gasteiger partial charge is 0.467 e. The molecule has 2 aliphatic heterocycles. The van der Waals surface area contributed by atoms with E-state index in [1.54, 1.807) is 0 Å². The molecule has 0 aliphatic carbocycles. The third-order valence-corrected chi connectivity index (χ3v) is 3.68. The molecule has 0 radical (unpaired) electrons. The molecular formula is C18H20O4. The molecule has 0 aromatic heterocycles. The normalized spacial score (nSPS) is 15.4. The molecule has 4 rings (SSSR count). The van der Waals surface area contributed by atoms with Crippen molar-refractivity contribution >= 4 is 0 Å². The molecule has 2 aromatic carbocycles. The SMILES string of the molecule is Cc1ccc2c(c1)COCO2.Cc1cccc2c1COCO2. The topological polar surface area (TPSA) is 36.9 Å². The maximum Gasteiger partial charge on any atom is 0.189 e. The number of ether oxygens (including phenoxy) is 4. The molecule has 0 unspecified atom stereocenters. The van der Waals surface area contributed by atoms with Crippen molar-refractivity contribution < 1.29 is 18.9 Å². The van der Waals surface area contributed by atoms with E-state index >= 15 is 0 Å². The number of benzene rings is 2. The van der Waals surface area contributed by atoms with Crippen molar-refractivity contribution in [3.8, 4) is 11.5 Å². The Morgan fingerprint density at radius 1 is 0.818 bits per heavy atom. The predicted octanol–water partition coefficient (Wildman–Crippen LogP) is 3.72. The molecule has 0 saturated carbocycles. The van der Waals surface area contributed by atoms with E-state index in [2.05, 4.69) is 26.0 Å². The fourth-order valence-electron chi connectivity index (χ4n) is 2.46. The second-order valence-electron chi connectivity index (χ2n) is 5.38. The first kappa shape index (κ1) is 14.9. The summed E-state index contributed by atoms with van der Waals surface area (Å²) < 4.78 is 20.8. The van der Waals surface area contributed by atoms with E-state index in [0.29, 0.717) is 26.8 Å². The highest BCUT2D eigenvalue weighted by atomic mass is 16.7. The second-order valence-corrected chi connectivity index (χ2v) is 5.38. The van der Waals surface area contributed by atoms with Crippen LogP contribution < -0.4 is 9.47 Å². The van der Waals surface area contributed by atoms with Gasteiger partial charge < -0.3 is 18.9 Å². The first-order valence-electron chi connectivity index (χ1n) is 7.33. The molecule has 0 N–H and O–H groups in total. The molecule has 0 spiro atoms. The van der Waals surface area contributed by atoms with E-state index in [1.807, 2.05) is 24.3 Å². The molecule has 22 heavy (non-hydrogen) atoms. The van der Waals surface area contributed by atoms with Crippen molar-refractivity contribution in [1.29, 1.82) is 0 Å². The Balaban J connectivity index is 0.000000131. The minimum atomic E-state index is 0.385. The Hall–Kier alpha value is -2.04. The highest BCUT2D eigenvalue weighted by molar-refractivity contribution is 5.39. The van der Waals surface area contributed by atoms with Gasteiger partial charge in [0.05, 0.1) is 13.2 Å². The van der Waals surface area contributed by atoms with Crippen LogP contribution in [0.3, 0.4) is 0 Å². The van der Waals surface area contributed by atoms with Crippen molar-refractivity contribution in [2.45, 2.75) is 27.1 Å². The first-order chi connectivity index (χ1) is 10.7. The molecule has 116 valence electrons. The number of hydrogen-bond donors (Lipinski definition) is 0. The summed E-state index contributed by atoms with van der Waals surface area (Å²) in [4.78, 5) is 0. The minimum absolute atomic E-state index is 0.385. The molecule has 0 atom stereocenters. The number of rotatable bonds is 0. The Morgan fingerprint density at radius 3 is 2.41 bits per heavy atom. The van der Waals surface area contributed by atoms with Gasteiger partial charge in [-0.25, -0.2) is 0 Å². The molecule has 4 nitrogen and oxygen atoms in total. The van der Waals surface area contributed by atoms with Gasteiger partial charge in [-0.05, 0) is 31.5 Å². The van der Waals surface area contributed by atoms with Gasteiger partial charge >= 0.3 is 0 Å². The van der Waals surface area contributed by atoms with Gasteiger partial charge in [-0.15, -0.1) is 0 Å². The molecule has 2 aromatic rings. The lowest BCUT2D eigenvalue weighted by atomic mass is 10.1. The van der Waals surface area contributed by atoms with Crippen LogP contribution >= 0.6 is 0 Å². The molecule has 4 heteroatoms. The zero-order valence-electron chi connectivity index (χ0n) is 12.9. The molecule has 0 fully saturated rings. The molecule has 0 bridgehead atoms. The van der Waals surface area contributed by atoms with Gasteiger partial charge in [0.2, 0.25) is 0 Å². The van der Waals surface area contributed by atoms with Crippen LogP contribution in [0.15, 0.2) is 36.4 Å². The van der Waals surface area contributed by atoms with Gasteiger partial charge in [-0.3, -0.25) is 0 Å². The molecule has 0 amide bonds. The summed E-state index contributed by atoms with van der Waals surface area (Å²) in [5.74, 6) is 1.93. The predicted molar refractivity (Wildman–Crippen MR) is 82.9 cm³/mol. The lowest BCUT2D eigenvalue weighted by molar-refractivity contribution is -0.0167. The highest BCUT2D eigenvalue weighted by Crippen LogP contribution is 2.25. The summed E-state index contributed by atoms with van der Waals surface area (Å²) in [7, 11) is 0. The van der Waals surface area contributed by atoms with E-state index in [1.165, 1.54) is 16.7 Å². The monoisotopic (exact) mass is 300 g/mol. The quantitative estimate of drug-likeness (QED) is 0.743. The molecule has 0 saturated heterocycles. The maximum absolute atomic E-state index is 5.28. The van der Waals surface area contributed by atoms with Crippen LogP contribution in [0.5, 0.6) is 11.5 Å². The third-order valence-electron chi connectivity index (χ3n) is 3.68. The molecular weight excluding hydrogens is 280 g/mol. The van der Waals surface area contributed by atoms with Crippen molar-refractivity contribution in [2.24, 2.45) is 0 Å². The fraction of sp³-hybridized carbons (Fsp3) is 0.333. The summed E-state index contributed by atoms with van der Waals surface area (Å²) >= 11 is 0. The first-order valence-corrected chi connectivity index (χ1v) is 7.33. The third kappa shape index (κ3) is 3.40. The molecule has 2 aliphatic rings. The lowest BCUT2D eigenvalue weighted by Crippen LogP contribution is -2.11. The van der Waals surface area contributed by atoms with Crippen LogP contribution in [-0.4, -0.2) is 13.6 Å². The summed E-state index contributed by atoms with van der Waals surface area (Å²) in [6.45, 7) is 6.26. The standard InChI is InChI=1S/2C9H10O2/c1-7-2-3-9-8(4-7)5-10-6-11-9;1-7-3-2-4-9-8(7)5-10-6-11-9/h2*2-4H,5-6H2,1H3. The Bertz CT molecular complexity index is 650. The Labute approximate surface area is 130 Å². The summed E-state index contributed by atoms with van der Waals surface area (Å²) in [5.41, 5.74) is 4.81. The van der Waals surface area contributed by atoms with Crippen LogP contribution in [-0.2, 0) is 22.7 Å². The van der Waals surface area contributed by atoms with Crippen LogP contribution in [0.4, 0.5) is 0 Å². The summed E-state index contributed by atoms with van der Waals surface area (Å²) in [5, 5.41) is 0. The zero-order valence-corrected chi connectivity index (χ0v) is 12.9. The van der Waals surface area contributed by atoms with E-state index in [-0.39, 0.29) is 0 Å². The Kier molecular flexibility index (Phi) is 4.61. The van der Waals surface area contributed by atoms with E-state index in [0.717, 1.165) is 17.1 Å². The number of fused-ring (bicyclic) bond motifs is 2. The highest BCUT2D eigenvalue weighted by Gasteiger charge is 2.11. The van der Waals surface area contributed by atoms with E-state index in [4.69, 9.17) is 18.9 Å². The molecule has 2 heterocycles. The van der Waals surface area contributed by atoms with Gasteiger partial charge in [-0.2, -0.15) is 0 Å². The number of hydrogen-bond acceptors (Lipinski definition) is 4. The van der Waals surface area contributed by atoms with Crippen LogP contribution in [0.1, 0.15) is 22.3 Å². The van der Waals surface area contributed by atoms with Crippen molar-refractivity contribution in [1.82, 2.24) is 0 Å². The van der Waals surface area contributed by atoms with Crippen molar-refractivity contribution in [3.63, 3.8) is 0 Å². The van der Waals surface area contributed by atoms with Crippen molar-refractivity contribution in [2.75, 3.05) is 13.6 Å². The van der Waals surface area contributed by atoms with Gasteiger partial charge in [0.25, 0.3) is 0 Å². The fourth-order valence-corrected chi connectivity index (χ4v) is 2.46. The second kappa shape index (κ2) is 6.81. The Morgan fingerprint density at radius 2 is 1.59 bits per heavy atom.